The van der Waals surface area contributed by atoms with Crippen molar-refractivity contribution in [2.24, 2.45) is 0 Å². The van der Waals surface area contributed by atoms with Gasteiger partial charge in [-0.3, -0.25) is 9.59 Å². The van der Waals surface area contributed by atoms with Crippen molar-refractivity contribution in [1.29, 1.82) is 0 Å². The summed E-state index contributed by atoms with van der Waals surface area (Å²) in [5.74, 6) is 1.14. The number of nitrogens with zero attached hydrogens (tertiary/aromatic N) is 1. The van der Waals surface area contributed by atoms with Gasteiger partial charge in [0.1, 0.15) is 0 Å². The van der Waals surface area contributed by atoms with Crippen molar-refractivity contribution in [2.45, 2.75) is 57.4 Å². The number of thioether (sulfide) groups is 1. The van der Waals surface area contributed by atoms with E-state index >= 15 is 0 Å². The summed E-state index contributed by atoms with van der Waals surface area (Å²) >= 11 is 1.45. The second-order valence-corrected chi connectivity index (χ2v) is 6.82. The van der Waals surface area contributed by atoms with Gasteiger partial charge < -0.3 is 10.2 Å². The third kappa shape index (κ3) is 5.35. The Bertz CT molecular complexity index is 324. The monoisotopic (exact) mass is 298 g/mol. The molecule has 0 atom stereocenters. The van der Waals surface area contributed by atoms with Crippen LogP contribution in [0.3, 0.4) is 0 Å². The van der Waals surface area contributed by atoms with Gasteiger partial charge in [-0.05, 0) is 32.1 Å². The first-order valence-electron chi connectivity index (χ1n) is 7.90. The van der Waals surface area contributed by atoms with E-state index in [1.165, 1.54) is 37.4 Å². The first kappa shape index (κ1) is 15.7. The van der Waals surface area contributed by atoms with Crippen LogP contribution in [-0.2, 0) is 9.59 Å². The third-order valence-corrected chi connectivity index (χ3v) is 5.06. The molecule has 0 bridgehead atoms. The molecule has 0 aromatic carbocycles. The van der Waals surface area contributed by atoms with E-state index in [9.17, 15) is 9.59 Å². The van der Waals surface area contributed by atoms with E-state index in [1.54, 1.807) is 0 Å². The Balaban J connectivity index is 1.57. The van der Waals surface area contributed by atoms with Gasteiger partial charge in [0.15, 0.2) is 0 Å². The molecule has 5 heteroatoms. The standard InChI is InChI=1S/C15H26N2O2S/c18-14(16-13-7-3-1-4-8-13)11-20-12-15(19)17-9-5-2-6-10-17/h13H,1-12H2,(H,16,18). The molecular weight excluding hydrogens is 272 g/mol. The molecule has 1 saturated carbocycles. The van der Waals surface area contributed by atoms with Crippen molar-refractivity contribution in [3.05, 3.63) is 0 Å². The van der Waals surface area contributed by atoms with Gasteiger partial charge in [-0.1, -0.05) is 19.3 Å². The second-order valence-electron chi connectivity index (χ2n) is 5.84. The summed E-state index contributed by atoms with van der Waals surface area (Å²) in [7, 11) is 0. The maximum atomic E-state index is 11.9. The molecule has 0 spiro atoms. The molecule has 0 radical (unpaired) electrons. The largest absolute Gasteiger partial charge is 0.353 e. The molecule has 0 unspecified atom stereocenters. The predicted octanol–water partition coefficient (Wildman–Crippen LogP) is 2.18. The maximum Gasteiger partial charge on any atom is 0.232 e. The number of nitrogens with one attached hydrogen (secondary N) is 1. The van der Waals surface area contributed by atoms with Crippen LogP contribution in [0.4, 0.5) is 0 Å². The van der Waals surface area contributed by atoms with Crippen LogP contribution in [0.1, 0.15) is 51.4 Å². The van der Waals surface area contributed by atoms with E-state index in [1.807, 2.05) is 4.90 Å². The van der Waals surface area contributed by atoms with Crippen molar-refractivity contribution in [3.8, 4) is 0 Å². The van der Waals surface area contributed by atoms with Gasteiger partial charge in [0.05, 0.1) is 11.5 Å². The van der Waals surface area contributed by atoms with Crippen molar-refractivity contribution in [2.75, 3.05) is 24.6 Å². The molecule has 0 aromatic rings. The first-order valence-corrected chi connectivity index (χ1v) is 9.06. The number of carbonyl (C=O) groups is 2. The van der Waals surface area contributed by atoms with Gasteiger partial charge in [0.25, 0.3) is 0 Å². The highest BCUT2D eigenvalue weighted by atomic mass is 32.2. The quantitative estimate of drug-likeness (QED) is 0.846. The molecule has 4 nitrogen and oxygen atoms in total. The molecule has 2 rings (SSSR count). The van der Waals surface area contributed by atoms with E-state index in [0.29, 0.717) is 17.5 Å². The van der Waals surface area contributed by atoms with Crippen LogP contribution in [0.5, 0.6) is 0 Å². The summed E-state index contributed by atoms with van der Waals surface area (Å²) in [6, 6.07) is 0.370. The number of likely N-dealkylation sites (tertiary alicyclic amines) is 1. The van der Waals surface area contributed by atoms with Crippen LogP contribution < -0.4 is 5.32 Å². The van der Waals surface area contributed by atoms with Crippen LogP contribution >= 0.6 is 11.8 Å². The average Bonchev–Trinajstić information content (AvgIpc) is 2.49. The molecule has 2 fully saturated rings. The van der Waals surface area contributed by atoms with E-state index in [-0.39, 0.29) is 11.8 Å². The van der Waals surface area contributed by atoms with E-state index < -0.39 is 0 Å². The Morgan fingerprint density at radius 2 is 1.60 bits per heavy atom. The summed E-state index contributed by atoms with van der Waals surface area (Å²) in [5, 5.41) is 3.09. The van der Waals surface area contributed by atoms with Crippen LogP contribution in [-0.4, -0.2) is 47.4 Å². The first-order chi connectivity index (χ1) is 9.75. The number of hydrogen-bond donors (Lipinski definition) is 1. The topological polar surface area (TPSA) is 49.4 Å². The van der Waals surface area contributed by atoms with Gasteiger partial charge in [-0.15, -0.1) is 11.8 Å². The molecule has 2 aliphatic rings. The zero-order chi connectivity index (χ0) is 14.2. The lowest BCUT2D eigenvalue weighted by Crippen LogP contribution is -2.38. The highest BCUT2D eigenvalue weighted by Gasteiger charge is 2.18. The molecular formula is C15H26N2O2S. The van der Waals surface area contributed by atoms with Gasteiger partial charge in [0, 0.05) is 19.1 Å². The highest BCUT2D eigenvalue weighted by molar-refractivity contribution is 8.00. The molecule has 1 N–H and O–H groups in total. The summed E-state index contributed by atoms with van der Waals surface area (Å²) in [6.07, 6.45) is 9.46. The number of carbonyl (C=O) groups excluding carboxylic acids is 2. The summed E-state index contributed by atoms with van der Waals surface area (Å²) in [5.41, 5.74) is 0. The fourth-order valence-corrected chi connectivity index (χ4v) is 3.71. The van der Waals surface area contributed by atoms with Gasteiger partial charge in [-0.2, -0.15) is 0 Å². The summed E-state index contributed by atoms with van der Waals surface area (Å²) < 4.78 is 0. The normalized spacial score (nSPS) is 20.7. The Morgan fingerprint density at radius 1 is 0.950 bits per heavy atom. The molecule has 1 aliphatic heterocycles. The molecule has 1 saturated heterocycles. The molecule has 1 heterocycles. The SMILES string of the molecule is O=C(CSCC(=O)N1CCCCC1)NC1CCCCC1. The molecule has 20 heavy (non-hydrogen) atoms. The number of rotatable bonds is 5. The van der Waals surface area contributed by atoms with Crippen molar-refractivity contribution >= 4 is 23.6 Å². The van der Waals surface area contributed by atoms with E-state index in [4.69, 9.17) is 0 Å². The van der Waals surface area contributed by atoms with Crippen LogP contribution in [0.25, 0.3) is 0 Å². The van der Waals surface area contributed by atoms with Gasteiger partial charge >= 0.3 is 0 Å². The Kier molecular flexibility index (Phi) is 6.70. The van der Waals surface area contributed by atoms with Gasteiger partial charge in [0.2, 0.25) is 11.8 Å². The predicted molar refractivity (Wildman–Crippen MR) is 82.8 cm³/mol. The van der Waals surface area contributed by atoms with Crippen LogP contribution in [0, 0.1) is 0 Å². The molecule has 2 amide bonds. The van der Waals surface area contributed by atoms with Crippen molar-refractivity contribution in [3.63, 3.8) is 0 Å². The Hall–Kier alpha value is -0.710. The fourth-order valence-electron chi connectivity index (χ4n) is 2.98. The second kappa shape index (κ2) is 8.55. The number of amides is 2. The minimum atomic E-state index is 0.0911. The molecule has 1 aliphatic carbocycles. The van der Waals surface area contributed by atoms with E-state index in [2.05, 4.69) is 5.32 Å². The van der Waals surface area contributed by atoms with E-state index in [0.717, 1.165) is 38.8 Å². The van der Waals surface area contributed by atoms with Crippen LogP contribution in [0.2, 0.25) is 0 Å². The fraction of sp³-hybridized carbons (Fsp3) is 0.867. The zero-order valence-electron chi connectivity index (χ0n) is 12.2. The van der Waals surface area contributed by atoms with Crippen molar-refractivity contribution in [1.82, 2.24) is 10.2 Å². The average molecular weight is 298 g/mol. The zero-order valence-corrected chi connectivity index (χ0v) is 13.1. The molecule has 0 aromatic heterocycles. The smallest absolute Gasteiger partial charge is 0.232 e. The Labute approximate surface area is 126 Å². The molecule has 114 valence electrons. The van der Waals surface area contributed by atoms with Gasteiger partial charge in [-0.25, -0.2) is 0 Å². The Morgan fingerprint density at radius 3 is 2.30 bits per heavy atom. The summed E-state index contributed by atoms with van der Waals surface area (Å²) in [4.78, 5) is 25.7. The van der Waals surface area contributed by atoms with Crippen LogP contribution in [0.15, 0.2) is 0 Å². The minimum absolute atomic E-state index is 0.0911. The van der Waals surface area contributed by atoms with Crippen molar-refractivity contribution < 1.29 is 9.59 Å². The lowest BCUT2D eigenvalue weighted by atomic mass is 9.95. The lowest BCUT2D eigenvalue weighted by molar-refractivity contribution is -0.129. The number of hydrogen-bond acceptors (Lipinski definition) is 3. The highest BCUT2D eigenvalue weighted by Crippen LogP contribution is 2.17. The maximum absolute atomic E-state index is 11.9. The third-order valence-electron chi connectivity index (χ3n) is 4.14. The lowest BCUT2D eigenvalue weighted by Gasteiger charge is -2.26. The summed E-state index contributed by atoms with van der Waals surface area (Å²) in [6.45, 7) is 1.79. The minimum Gasteiger partial charge on any atom is -0.353 e. The number of piperidine rings is 1.